The van der Waals surface area contributed by atoms with Gasteiger partial charge in [0.1, 0.15) is 6.20 Å². The second-order valence-electron chi connectivity index (χ2n) is 6.05. The molecule has 9 heteroatoms. The quantitative estimate of drug-likeness (QED) is 0.596. The number of nitro groups is 1. The van der Waals surface area contributed by atoms with E-state index < -0.39 is 10.5 Å². The summed E-state index contributed by atoms with van der Waals surface area (Å²) in [5.74, 6) is -0.342. The Balaban J connectivity index is 1.99. The number of likely N-dealkylation sites (N-methyl/N-ethyl adjacent to an activating group) is 1. The molecule has 0 saturated carbocycles. The van der Waals surface area contributed by atoms with Gasteiger partial charge in [-0.15, -0.1) is 0 Å². The lowest BCUT2D eigenvalue weighted by atomic mass is 10.1. The largest absolute Gasteiger partial charge is 0.387 e. The zero-order valence-electron chi connectivity index (χ0n) is 13.3. The zero-order chi connectivity index (χ0) is 17.9. The maximum atomic E-state index is 10.7. The van der Waals surface area contributed by atoms with Crippen LogP contribution in [0, 0.1) is 10.1 Å². The average molecular weight is 373 g/mol. The third kappa shape index (κ3) is 5.17. The van der Waals surface area contributed by atoms with Gasteiger partial charge in [-0.1, -0.05) is 23.7 Å². The highest BCUT2D eigenvalue weighted by molar-refractivity contribution is 6.30. The van der Waals surface area contributed by atoms with Gasteiger partial charge in [-0.2, -0.15) is 0 Å². The average Bonchev–Trinajstić information content (AvgIpc) is 2.81. The summed E-state index contributed by atoms with van der Waals surface area (Å²) >= 11 is 11.7. The minimum Gasteiger partial charge on any atom is -0.387 e. The van der Waals surface area contributed by atoms with Crippen LogP contribution in [0.2, 0.25) is 10.3 Å². The number of halogens is 2. The summed E-state index contributed by atoms with van der Waals surface area (Å²) in [7, 11) is 1.88. The summed E-state index contributed by atoms with van der Waals surface area (Å²) in [6.07, 6.45) is 1.22. The van der Waals surface area contributed by atoms with Crippen molar-refractivity contribution in [2.75, 3.05) is 13.6 Å². The molecule has 0 unspecified atom stereocenters. The fourth-order valence-corrected chi connectivity index (χ4v) is 2.86. The third-order valence-corrected chi connectivity index (χ3v) is 3.94. The molecule has 1 aromatic carbocycles. The standard InChI is InChI=1S/C15H18Cl2N4O3/c1-15(22,10-20-8-13(21(23)24)18-14(20)17)9-19(2)7-11-3-5-12(16)6-4-11/h3-6,8,22H,7,9-10H2,1-2H3/t15-/m0/s1. The van der Waals surface area contributed by atoms with Gasteiger partial charge in [0.05, 0.1) is 12.1 Å². The fraction of sp³-hybridized carbons (Fsp3) is 0.400. The first-order valence-corrected chi connectivity index (χ1v) is 7.94. The van der Waals surface area contributed by atoms with Gasteiger partial charge in [0, 0.05) is 18.1 Å². The normalized spacial score (nSPS) is 13.9. The van der Waals surface area contributed by atoms with Crippen LogP contribution in [0.15, 0.2) is 30.5 Å². The molecule has 2 aromatic rings. The SMILES string of the molecule is CN(Cc1ccc(Cl)cc1)C[C@](C)(O)Cn1cc([N+](=O)[O-])nc1Cl. The Morgan fingerprint density at radius 3 is 2.54 bits per heavy atom. The van der Waals surface area contributed by atoms with E-state index in [1.807, 2.05) is 36.2 Å². The van der Waals surface area contributed by atoms with Crippen LogP contribution >= 0.6 is 23.2 Å². The molecule has 1 aromatic heterocycles. The Hall–Kier alpha value is -1.67. The van der Waals surface area contributed by atoms with E-state index in [9.17, 15) is 15.2 Å². The van der Waals surface area contributed by atoms with Gasteiger partial charge in [0.15, 0.2) is 0 Å². The minimum atomic E-state index is -1.14. The van der Waals surface area contributed by atoms with Crippen LogP contribution in [0.1, 0.15) is 12.5 Å². The predicted molar refractivity (Wildman–Crippen MR) is 92.3 cm³/mol. The predicted octanol–water partition coefficient (Wildman–Crippen LogP) is 2.98. The minimum absolute atomic E-state index is 0.0256. The van der Waals surface area contributed by atoms with Gasteiger partial charge in [0.2, 0.25) is 0 Å². The van der Waals surface area contributed by atoms with Crippen LogP contribution in [0.25, 0.3) is 0 Å². The molecule has 0 saturated heterocycles. The van der Waals surface area contributed by atoms with Crippen LogP contribution in [-0.2, 0) is 13.1 Å². The molecule has 24 heavy (non-hydrogen) atoms. The first-order valence-electron chi connectivity index (χ1n) is 7.19. The van der Waals surface area contributed by atoms with Crippen molar-refractivity contribution >= 4 is 29.0 Å². The summed E-state index contributed by atoms with van der Waals surface area (Å²) in [4.78, 5) is 15.7. The van der Waals surface area contributed by atoms with E-state index in [-0.39, 0.29) is 17.6 Å². The molecule has 0 amide bonds. The van der Waals surface area contributed by atoms with Gasteiger partial charge in [-0.3, -0.25) is 9.47 Å². The molecule has 0 fully saturated rings. The Morgan fingerprint density at radius 1 is 1.38 bits per heavy atom. The maximum absolute atomic E-state index is 10.7. The summed E-state index contributed by atoms with van der Waals surface area (Å²) < 4.78 is 1.37. The van der Waals surface area contributed by atoms with Crippen LogP contribution < -0.4 is 0 Å². The number of imidazole rings is 1. The zero-order valence-corrected chi connectivity index (χ0v) is 14.8. The van der Waals surface area contributed by atoms with E-state index in [0.717, 1.165) is 5.56 Å². The Morgan fingerprint density at radius 2 is 2.00 bits per heavy atom. The highest BCUT2D eigenvalue weighted by Crippen LogP contribution is 2.20. The van der Waals surface area contributed by atoms with Crippen LogP contribution in [0.4, 0.5) is 5.82 Å². The topological polar surface area (TPSA) is 84.4 Å². The van der Waals surface area contributed by atoms with Crippen LogP contribution in [0.3, 0.4) is 0 Å². The molecule has 0 bridgehead atoms. The van der Waals surface area contributed by atoms with Crippen LogP contribution in [-0.4, -0.2) is 43.7 Å². The first kappa shape index (κ1) is 18.7. The maximum Gasteiger partial charge on any atom is 0.383 e. The van der Waals surface area contributed by atoms with Gasteiger partial charge in [-0.25, -0.2) is 0 Å². The molecular weight excluding hydrogens is 355 g/mol. The number of aliphatic hydroxyl groups is 1. The van der Waals surface area contributed by atoms with Crippen molar-refractivity contribution in [3.63, 3.8) is 0 Å². The fourth-order valence-electron chi connectivity index (χ4n) is 2.53. The van der Waals surface area contributed by atoms with Crippen molar-refractivity contribution in [3.8, 4) is 0 Å². The summed E-state index contributed by atoms with van der Waals surface area (Å²) in [5.41, 5.74) is -0.0756. The molecular formula is C15H18Cl2N4O3. The molecule has 0 aliphatic heterocycles. The second kappa shape index (κ2) is 7.48. The number of rotatable bonds is 7. The Bertz CT molecular complexity index is 716. The Labute approximate surface area is 149 Å². The number of hydrogen-bond donors (Lipinski definition) is 1. The monoisotopic (exact) mass is 372 g/mol. The molecule has 2 rings (SSSR count). The molecule has 0 radical (unpaired) electrons. The molecule has 130 valence electrons. The van der Waals surface area contributed by atoms with E-state index in [1.165, 1.54) is 10.8 Å². The third-order valence-electron chi connectivity index (χ3n) is 3.39. The smallest absolute Gasteiger partial charge is 0.383 e. The molecule has 0 spiro atoms. The summed E-state index contributed by atoms with van der Waals surface area (Å²) in [6, 6.07) is 7.47. The van der Waals surface area contributed by atoms with Crippen molar-refractivity contribution in [3.05, 3.63) is 56.4 Å². The lowest BCUT2D eigenvalue weighted by Gasteiger charge is -2.29. The Kier molecular flexibility index (Phi) is 5.82. The second-order valence-corrected chi connectivity index (χ2v) is 6.82. The highest BCUT2D eigenvalue weighted by Gasteiger charge is 2.27. The number of benzene rings is 1. The summed E-state index contributed by atoms with van der Waals surface area (Å²) in [5, 5.41) is 22.0. The highest BCUT2D eigenvalue weighted by atomic mass is 35.5. The van der Waals surface area contributed by atoms with Crippen molar-refractivity contribution in [2.24, 2.45) is 0 Å². The van der Waals surface area contributed by atoms with E-state index in [1.54, 1.807) is 6.92 Å². The first-order chi connectivity index (χ1) is 11.2. The van der Waals surface area contributed by atoms with E-state index in [4.69, 9.17) is 23.2 Å². The lowest BCUT2D eigenvalue weighted by molar-refractivity contribution is -0.389. The van der Waals surface area contributed by atoms with Crippen molar-refractivity contribution in [2.45, 2.75) is 25.6 Å². The molecule has 1 heterocycles. The van der Waals surface area contributed by atoms with Crippen molar-refractivity contribution < 1.29 is 10.0 Å². The number of nitrogens with zero attached hydrogens (tertiary/aromatic N) is 4. The van der Waals surface area contributed by atoms with E-state index in [2.05, 4.69) is 4.98 Å². The number of hydrogen-bond acceptors (Lipinski definition) is 5. The van der Waals surface area contributed by atoms with Crippen molar-refractivity contribution in [1.29, 1.82) is 0 Å². The molecule has 1 atom stereocenters. The van der Waals surface area contributed by atoms with Gasteiger partial charge < -0.3 is 15.2 Å². The van der Waals surface area contributed by atoms with Crippen molar-refractivity contribution in [1.82, 2.24) is 14.5 Å². The van der Waals surface area contributed by atoms with E-state index in [0.29, 0.717) is 18.1 Å². The van der Waals surface area contributed by atoms with Crippen LogP contribution in [0.5, 0.6) is 0 Å². The molecule has 0 aliphatic rings. The molecule has 7 nitrogen and oxygen atoms in total. The van der Waals surface area contributed by atoms with Gasteiger partial charge >= 0.3 is 11.1 Å². The summed E-state index contributed by atoms with van der Waals surface area (Å²) in [6.45, 7) is 2.72. The van der Waals surface area contributed by atoms with Gasteiger partial charge in [0.25, 0.3) is 0 Å². The van der Waals surface area contributed by atoms with E-state index >= 15 is 0 Å². The molecule has 1 N–H and O–H groups in total. The lowest BCUT2D eigenvalue weighted by Crippen LogP contribution is -2.42. The molecule has 0 aliphatic carbocycles. The van der Waals surface area contributed by atoms with Gasteiger partial charge in [-0.05, 0) is 53.2 Å². The number of aromatic nitrogens is 2.